The van der Waals surface area contributed by atoms with Crippen LogP contribution in [0.1, 0.15) is 35.6 Å². The fourth-order valence-electron chi connectivity index (χ4n) is 3.94. The Morgan fingerprint density at radius 3 is 2.79 bits per heavy atom. The minimum Gasteiger partial charge on any atom is -0.339 e. The van der Waals surface area contributed by atoms with Crippen molar-refractivity contribution in [2.45, 2.75) is 38.8 Å². The molecule has 0 aliphatic heterocycles. The first kappa shape index (κ1) is 18.6. The average molecular weight is 393 g/mol. The second kappa shape index (κ2) is 7.72. The van der Waals surface area contributed by atoms with Gasteiger partial charge in [-0.1, -0.05) is 54.1 Å². The molecule has 1 N–H and O–H groups in total. The number of hydrogen-bond donors (Lipinski definition) is 1. The summed E-state index contributed by atoms with van der Waals surface area (Å²) in [7, 11) is 1.91. The van der Waals surface area contributed by atoms with E-state index in [-0.39, 0.29) is 11.9 Å². The molecule has 5 nitrogen and oxygen atoms in total. The number of nitrogens with one attached hydrogen (secondary N) is 1. The van der Waals surface area contributed by atoms with Gasteiger partial charge in [-0.15, -0.1) is 0 Å². The Balaban J connectivity index is 1.48. The summed E-state index contributed by atoms with van der Waals surface area (Å²) in [5.41, 5.74) is 4.81. The normalized spacial score (nSPS) is 15.4. The topological polar surface area (TPSA) is 53.9 Å². The number of benzene rings is 2. The zero-order valence-electron chi connectivity index (χ0n) is 16.2. The Bertz CT molecular complexity index is 1050. The van der Waals surface area contributed by atoms with Crippen molar-refractivity contribution in [3.8, 4) is 11.4 Å². The summed E-state index contributed by atoms with van der Waals surface area (Å²) in [5.74, 6) is 0.895. The Morgan fingerprint density at radius 1 is 1.25 bits per heavy atom. The monoisotopic (exact) mass is 392 g/mol. The van der Waals surface area contributed by atoms with Gasteiger partial charge in [-0.05, 0) is 43.1 Å². The molecule has 0 spiro atoms. The van der Waals surface area contributed by atoms with Gasteiger partial charge in [-0.3, -0.25) is 14.5 Å². The zero-order valence-corrected chi connectivity index (χ0v) is 17.0. The number of rotatable bonds is 5. The molecule has 6 heteroatoms. The number of amides is 1. The Kier molecular flexibility index (Phi) is 5.13. The molecule has 3 aromatic rings. The number of fused-ring (bicyclic) bond motifs is 1. The fourth-order valence-corrected chi connectivity index (χ4v) is 4.17. The zero-order chi connectivity index (χ0) is 19.7. The molecule has 4 rings (SSSR count). The number of aromatic nitrogens is 3. The molecule has 0 saturated heterocycles. The van der Waals surface area contributed by atoms with Gasteiger partial charge >= 0.3 is 0 Å². The second-order valence-corrected chi connectivity index (χ2v) is 7.76. The van der Waals surface area contributed by atoms with Crippen molar-refractivity contribution in [3.05, 3.63) is 70.0 Å². The van der Waals surface area contributed by atoms with Crippen LogP contribution in [0.15, 0.2) is 48.5 Å². The molecule has 2 aromatic carbocycles. The van der Waals surface area contributed by atoms with Crippen molar-refractivity contribution < 1.29 is 4.79 Å². The molecule has 1 aliphatic rings. The molecular weight excluding hydrogens is 368 g/mol. The minimum atomic E-state index is 0.125. The summed E-state index contributed by atoms with van der Waals surface area (Å²) in [5, 5.41) is 7.23. The first-order valence-electron chi connectivity index (χ1n) is 9.60. The molecule has 0 saturated carbocycles. The van der Waals surface area contributed by atoms with Gasteiger partial charge < -0.3 is 4.90 Å². The maximum Gasteiger partial charge on any atom is 0.224 e. The number of nitrogens with zero attached hydrogens (tertiary/aromatic N) is 3. The third-order valence-corrected chi connectivity index (χ3v) is 5.89. The molecule has 0 fully saturated rings. The highest BCUT2D eigenvalue weighted by molar-refractivity contribution is 7.71. The largest absolute Gasteiger partial charge is 0.339 e. The summed E-state index contributed by atoms with van der Waals surface area (Å²) in [4.78, 5) is 14.8. The van der Waals surface area contributed by atoms with Gasteiger partial charge in [0.15, 0.2) is 10.6 Å². The number of carbonyl (C=O) groups excluding carboxylic acids is 1. The standard InChI is InChI=1S/C22H24N4OS/c1-15-7-9-17(10-8-15)21-23-24-22(28)26(21)14-13-20(27)25(2)19-12-11-16-5-3-4-6-18(16)19/h3-10,19H,11-14H2,1-2H3,(H,24,28). The Labute approximate surface area is 170 Å². The molecule has 1 aromatic heterocycles. The van der Waals surface area contributed by atoms with E-state index < -0.39 is 0 Å². The lowest BCUT2D eigenvalue weighted by Gasteiger charge is -2.25. The van der Waals surface area contributed by atoms with Crippen LogP contribution in [0.3, 0.4) is 0 Å². The van der Waals surface area contributed by atoms with Crippen LogP contribution < -0.4 is 0 Å². The molecule has 144 valence electrons. The van der Waals surface area contributed by atoms with E-state index in [2.05, 4.69) is 35.3 Å². The summed E-state index contributed by atoms with van der Waals surface area (Å²) in [6.45, 7) is 2.56. The number of carbonyl (C=O) groups is 1. The van der Waals surface area contributed by atoms with Crippen molar-refractivity contribution in [1.29, 1.82) is 0 Å². The number of aromatic amines is 1. The van der Waals surface area contributed by atoms with Crippen molar-refractivity contribution in [2.75, 3.05) is 7.05 Å². The van der Waals surface area contributed by atoms with Crippen LogP contribution in [0.25, 0.3) is 11.4 Å². The van der Waals surface area contributed by atoms with Crippen molar-refractivity contribution in [2.24, 2.45) is 0 Å². The molecule has 1 unspecified atom stereocenters. The molecule has 1 amide bonds. The lowest BCUT2D eigenvalue weighted by atomic mass is 10.1. The van der Waals surface area contributed by atoms with Crippen molar-refractivity contribution in [1.82, 2.24) is 19.7 Å². The van der Waals surface area contributed by atoms with Crippen molar-refractivity contribution >= 4 is 18.1 Å². The van der Waals surface area contributed by atoms with E-state index in [1.807, 2.05) is 46.8 Å². The van der Waals surface area contributed by atoms with Crippen molar-refractivity contribution in [3.63, 3.8) is 0 Å². The predicted molar refractivity (Wildman–Crippen MR) is 112 cm³/mol. The van der Waals surface area contributed by atoms with E-state index >= 15 is 0 Å². The molecule has 28 heavy (non-hydrogen) atoms. The van der Waals surface area contributed by atoms with E-state index in [1.54, 1.807) is 0 Å². The predicted octanol–water partition coefficient (Wildman–Crippen LogP) is 4.45. The summed E-state index contributed by atoms with van der Waals surface area (Å²) in [6.07, 6.45) is 2.41. The second-order valence-electron chi connectivity index (χ2n) is 7.38. The van der Waals surface area contributed by atoms with Gasteiger partial charge in [-0.25, -0.2) is 0 Å². The molecule has 1 atom stereocenters. The number of aryl methyl sites for hydroxylation is 2. The van der Waals surface area contributed by atoms with Crippen LogP contribution >= 0.6 is 12.2 Å². The maximum atomic E-state index is 12.9. The van der Waals surface area contributed by atoms with E-state index in [0.717, 1.165) is 24.2 Å². The third-order valence-electron chi connectivity index (χ3n) is 5.58. The van der Waals surface area contributed by atoms with Gasteiger partial charge in [0.25, 0.3) is 0 Å². The van der Waals surface area contributed by atoms with Crippen LogP contribution in [0.5, 0.6) is 0 Å². The fraction of sp³-hybridized carbons (Fsp3) is 0.318. The highest BCUT2D eigenvalue weighted by Crippen LogP contribution is 2.35. The van der Waals surface area contributed by atoms with Crippen LogP contribution in [0.4, 0.5) is 0 Å². The van der Waals surface area contributed by atoms with E-state index in [9.17, 15) is 4.79 Å². The Morgan fingerprint density at radius 2 is 2.00 bits per heavy atom. The lowest BCUT2D eigenvalue weighted by molar-refractivity contribution is -0.132. The first-order chi connectivity index (χ1) is 13.5. The highest BCUT2D eigenvalue weighted by Gasteiger charge is 2.28. The summed E-state index contributed by atoms with van der Waals surface area (Å²) >= 11 is 5.40. The van der Waals surface area contributed by atoms with Crippen LogP contribution in [-0.4, -0.2) is 32.6 Å². The van der Waals surface area contributed by atoms with Gasteiger partial charge in [0.05, 0.1) is 6.04 Å². The van der Waals surface area contributed by atoms with Crippen LogP contribution in [-0.2, 0) is 17.8 Å². The first-order valence-corrected chi connectivity index (χ1v) is 10.0. The number of hydrogen-bond acceptors (Lipinski definition) is 3. The average Bonchev–Trinajstić information content (AvgIpc) is 3.30. The minimum absolute atomic E-state index is 0.125. The lowest BCUT2D eigenvalue weighted by Crippen LogP contribution is -2.30. The SMILES string of the molecule is Cc1ccc(-c2n[nH]c(=S)n2CCC(=O)N(C)C2CCc3ccccc32)cc1. The molecule has 0 bridgehead atoms. The molecular formula is C22H24N4OS. The van der Waals surface area contributed by atoms with Gasteiger partial charge in [0, 0.05) is 25.6 Å². The Hall–Kier alpha value is -2.73. The van der Waals surface area contributed by atoms with Crippen LogP contribution in [0, 0.1) is 11.7 Å². The van der Waals surface area contributed by atoms with E-state index in [1.165, 1.54) is 16.7 Å². The smallest absolute Gasteiger partial charge is 0.224 e. The molecule has 1 heterocycles. The molecule has 0 radical (unpaired) electrons. The van der Waals surface area contributed by atoms with Gasteiger partial charge in [0.2, 0.25) is 5.91 Å². The summed E-state index contributed by atoms with van der Waals surface area (Å²) in [6, 6.07) is 16.7. The molecule has 1 aliphatic carbocycles. The number of H-pyrrole nitrogens is 1. The van der Waals surface area contributed by atoms with E-state index in [0.29, 0.717) is 17.7 Å². The quantitative estimate of drug-likeness (QED) is 0.653. The maximum absolute atomic E-state index is 12.9. The van der Waals surface area contributed by atoms with E-state index in [4.69, 9.17) is 12.2 Å². The van der Waals surface area contributed by atoms with Gasteiger partial charge in [-0.2, -0.15) is 5.10 Å². The van der Waals surface area contributed by atoms with Crippen LogP contribution in [0.2, 0.25) is 0 Å². The third kappa shape index (κ3) is 3.52. The van der Waals surface area contributed by atoms with Gasteiger partial charge in [0.1, 0.15) is 0 Å². The highest BCUT2D eigenvalue weighted by atomic mass is 32.1. The summed E-state index contributed by atoms with van der Waals surface area (Å²) < 4.78 is 2.45.